The van der Waals surface area contributed by atoms with Gasteiger partial charge < -0.3 is 9.84 Å². The summed E-state index contributed by atoms with van der Waals surface area (Å²) in [5.41, 5.74) is 0.726. The maximum absolute atomic E-state index is 12.0. The minimum absolute atomic E-state index is 0.00973. The van der Waals surface area contributed by atoms with Gasteiger partial charge in [-0.1, -0.05) is 36.4 Å². The van der Waals surface area contributed by atoms with E-state index in [4.69, 9.17) is 4.74 Å². The third-order valence-electron chi connectivity index (χ3n) is 3.08. The van der Waals surface area contributed by atoms with Crippen LogP contribution in [-0.4, -0.2) is 32.0 Å². The standard InChI is InChI=1S/C16H20O4S/c17-15(11-20-16-9-5-2-6-10-16)13-21(18,19)12-14-7-3-1-4-8-14/h1,3-5,7-10,15,17H,2,6,11-13H2/t15-/m0/s1. The highest BCUT2D eigenvalue weighted by Crippen LogP contribution is 2.12. The highest BCUT2D eigenvalue weighted by Gasteiger charge is 2.18. The minimum atomic E-state index is -3.35. The number of aliphatic hydroxyl groups excluding tert-OH is 1. The zero-order valence-electron chi connectivity index (χ0n) is 11.8. The minimum Gasteiger partial charge on any atom is -0.491 e. The molecule has 1 atom stereocenters. The molecule has 5 heteroatoms. The molecule has 0 spiro atoms. The first kappa shape index (κ1) is 15.8. The molecule has 0 aliphatic heterocycles. The Kier molecular flexibility index (Phi) is 5.59. The molecule has 1 aromatic rings. The van der Waals surface area contributed by atoms with E-state index in [0.717, 1.165) is 18.4 Å². The van der Waals surface area contributed by atoms with Crippen LogP contribution in [0.25, 0.3) is 0 Å². The molecule has 1 aliphatic rings. The molecule has 0 saturated heterocycles. The quantitative estimate of drug-likeness (QED) is 0.839. The van der Waals surface area contributed by atoms with Crippen molar-refractivity contribution < 1.29 is 18.3 Å². The molecule has 1 N–H and O–H groups in total. The summed E-state index contributed by atoms with van der Waals surface area (Å²) < 4.78 is 29.4. The van der Waals surface area contributed by atoms with Crippen molar-refractivity contribution in [3.05, 3.63) is 59.9 Å². The van der Waals surface area contributed by atoms with Crippen LogP contribution in [-0.2, 0) is 20.3 Å². The van der Waals surface area contributed by atoms with Gasteiger partial charge in [0.05, 0.1) is 11.5 Å². The average Bonchev–Trinajstić information content (AvgIpc) is 2.46. The summed E-state index contributed by atoms with van der Waals surface area (Å²) in [6.45, 7) is -0.00973. The Labute approximate surface area is 125 Å². The molecule has 0 heterocycles. The van der Waals surface area contributed by atoms with Gasteiger partial charge in [0.15, 0.2) is 9.84 Å². The highest BCUT2D eigenvalue weighted by molar-refractivity contribution is 7.90. The Morgan fingerprint density at radius 3 is 2.62 bits per heavy atom. The van der Waals surface area contributed by atoms with Crippen LogP contribution >= 0.6 is 0 Å². The van der Waals surface area contributed by atoms with Crippen LogP contribution in [0.5, 0.6) is 0 Å². The molecule has 0 bridgehead atoms. The molecule has 4 nitrogen and oxygen atoms in total. The third-order valence-corrected chi connectivity index (χ3v) is 4.74. The first-order valence-corrected chi connectivity index (χ1v) is 8.79. The summed E-state index contributed by atoms with van der Waals surface area (Å²) in [5.74, 6) is 0.340. The summed E-state index contributed by atoms with van der Waals surface area (Å²) >= 11 is 0. The lowest BCUT2D eigenvalue weighted by molar-refractivity contribution is 0.0895. The van der Waals surface area contributed by atoms with Crippen LogP contribution < -0.4 is 0 Å². The van der Waals surface area contributed by atoms with Gasteiger partial charge in [-0.05, 0) is 30.6 Å². The van der Waals surface area contributed by atoms with E-state index in [0.29, 0.717) is 5.76 Å². The van der Waals surface area contributed by atoms with Crippen molar-refractivity contribution in [2.24, 2.45) is 0 Å². The van der Waals surface area contributed by atoms with E-state index in [1.807, 2.05) is 24.3 Å². The molecule has 1 aliphatic carbocycles. The summed E-state index contributed by atoms with van der Waals surface area (Å²) in [6, 6.07) is 8.96. The second-order valence-electron chi connectivity index (χ2n) is 5.09. The molecule has 0 fully saturated rings. The smallest absolute Gasteiger partial charge is 0.157 e. The van der Waals surface area contributed by atoms with Crippen molar-refractivity contribution in [2.45, 2.75) is 24.7 Å². The van der Waals surface area contributed by atoms with Crippen molar-refractivity contribution in [1.29, 1.82) is 0 Å². The van der Waals surface area contributed by atoms with Crippen LogP contribution in [0.3, 0.4) is 0 Å². The SMILES string of the molecule is O=S(=O)(Cc1ccccc1)C[C@@H](O)COC1=CCCC=C1. The number of hydrogen-bond acceptors (Lipinski definition) is 4. The zero-order valence-corrected chi connectivity index (χ0v) is 12.6. The van der Waals surface area contributed by atoms with E-state index >= 15 is 0 Å². The van der Waals surface area contributed by atoms with E-state index in [-0.39, 0.29) is 18.1 Å². The van der Waals surface area contributed by atoms with Crippen LogP contribution in [0.4, 0.5) is 0 Å². The zero-order chi connectivity index (χ0) is 15.1. The Hall–Kier alpha value is -1.59. The molecule has 0 amide bonds. The first-order chi connectivity index (χ1) is 10.1. The van der Waals surface area contributed by atoms with Crippen molar-refractivity contribution in [3.8, 4) is 0 Å². The second-order valence-corrected chi connectivity index (χ2v) is 7.20. The Bertz CT molecular complexity index is 602. The van der Waals surface area contributed by atoms with Crippen LogP contribution in [0.2, 0.25) is 0 Å². The topological polar surface area (TPSA) is 63.6 Å². The Balaban J connectivity index is 1.82. The van der Waals surface area contributed by atoms with Crippen LogP contribution in [0.15, 0.2) is 54.3 Å². The Morgan fingerprint density at radius 1 is 1.19 bits per heavy atom. The van der Waals surface area contributed by atoms with Gasteiger partial charge in [-0.15, -0.1) is 0 Å². The van der Waals surface area contributed by atoms with Crippen molar-refractivity contribution >= 4 is 9.84 Å². The first-order valence-electron chi connectivity index (χ1n) is 6.97. The van der Waals surface area contributed by atoms with Gasteiger partial charge in [0.25, 0.3) is 0 Å². The van der Waals surface area contributed by atoms with Crippen LogP contribution in [0, 0.1) is 0 Å². The maximum atomic E-state index is 12.0. The number of allylic oxidation sites excluding steroid dienone is 3. The van der Waals surface area contributed by atoms with Gasteiger partial charge in [-0.25, -0.2) is 8.42 Å². The summed E-state index contributed by atoms with van der Waals surface area (Å²) in [6.07, 6.45) is 6.65. The lowest BCUT2D eigenvalue weighted by Crippen LogP contribution is -2.26. The highest BCUT2D eigenvalue weighted by atomic mass is 32.2. The second kappa shape index (κ2) is 7.43. The fourth-order valence-electron chi connectivity index (χ4n) is 2.12. The summed E-state index contributed by atoms with van der Waals surface area (Å²) in [7, 11) is -3.35. The molecule has 114 valence electrons. The predicted octanol–water partition coefficient (Wildman–Crippen LogP) is 2.21. The van der Waals surface area contributed by atoms with Gasteiger partial charge >= 0.3 is 0 Å². The fraction of sp³-hybridized carbons (Fsp3) is 0.375. The molecular weight excluding hydrogens is 288 g/mol. The van der Waals surface area contributed by atoms with E-state index in [1.54, 1.807) is 24.3 Å². The normalized spacial score (nSPS) is 16.3. The van der Waals surface area contributed by atoms with Gasteiger partial charge in [0.1, 0.15) is 18.5 Å². The lowest BCUT2D eigenvalue weighted by Gasteiger charge is -2.14. The monoisotopic (exact) mass is 308 g/mol. The van der Waals surface area contributed by atoms with E-state index in [1.165, 1.54) is 0 Å². The molecule has 0 unspecified atom stereocenters. The van der Waals surface area contributed by atoms with Crippen molar-refractivity contribution in [1.82, 2.24) is 0 Å². The number of aliphatic hydroxyl groups is 1. The van der Waals surface area contributed by atoms with Crippen molar-refractivity contribution in [2.75, 3.05) is 12.4 Å². The predicted molar refractivity (Wildman–Crippen MR) is 82.3 cm³/mol. The Morgan fingerprint density at radius 2 is 1.95 bits per heavy atom. The fourth-order valence-corrected chi connectivity index (χ4v) is 3.62. The largest absolute Gasteiger partial charge is 0.491 e. The average molecular weight is 308 g/mol. The number of hydrogen-bond donors (Lipinski definition) is 1. The van der Waals surface area contributed by atoms with Crippen LogP contribution in [0.1, 0.15) is 18.4 Å². The van der Waals surface area contributed by atoms with Crippen molar-refractivity contribution in [3.63, 3.8) is 0 Å². The number of ether oxygens (including phenoxy) is 1. The number of sulfone groups is 1. The van der Waals surface area contributed by atoms with E-state index < -0.39 is 15.9 Å². The van der Waals surface area contributed by atoms with Gasteiger partial charge in [-0.3, -0.25) is 0 Å². The molecule has 1 aromatic carbocycles. The van der Waals surface area contributed by atoms with Gasteiger partial charge in [-0.2, -0.15) is 0 Å². The van der Waals surface area contributed by atoms with Gasteiger partial charge in [0, 0.05) is 0 Å². The summed E-state index contributed by atoms with van der Waals surface area (Å²) in [5, 5.41) is 9.84. The molecule has 0 radical (unpaired) electrons. The number of rotatable bonds is 7. The molecule has 0 saturated carbocycles. The number of benzene rings is 1. The maximum Gasteiger partial charge on any atom is 0.157 e. The van der Waals surface area contributed by atoms with E-state index in [2.05, 4.69) is 0 Å². The summed E-state index contributed by atoms with van der Waals surface area (Å²) in [4.78, 5) is 0. The lowest BCUT2D eigenvalue weighted by atomic mass is 10.2. The molecular formula is C16H20O4S. The third kappa shape index (κ3) is 5.73. The molecule has 2 rings (SSSR count). The molecule has 21 heavy (non-hydrogen) atoms. The van der Waals surface area contributed by atoms with E-state index in [9.17, 15) is 13.5 Å². The molecule has 0 aromatic heterocycles. The van der Waals surface area contributed by atoms with Gasteiger partial charge in [0.2, 0.25) is 0 Å².